The second kappa shape index (κ2) is 10.2. The average molecular weight is 528 g/mol. The Morgan fingerprint density at radius 1 is 1.09 bits per heavy atom. The van der Waals surface area contributed by atoms with E-state index in [1.807, 2.05) is 30.5 Å². The third-order valence-electron chi connectivity index (χ3n) is 4.80. The minimum atomic E-state index is -3.72. The van der Waals surface area contributed by atoms with Crippen molar-refractivity contribution >= 4 is 62.6 Å². The number of hydrogen-bond acceptors (Lipinski definition) is 4. The van der Waals surface area contributed by atoms with Gasteiger partial charge in [0.15, 0.2) is 0 Å². The van der Waals surface area contributed by atoms with Crippen LogP contribution in [0.2, 0.25) is 15.1 Å². The number of nitrogens with one attached hydrogen (secondary N) is 1. The molecule has 11 heteroatoms. The van der Waals surface area contributed by atoms with Crippen LogP contribution in [0.4, 0.5) is 5.69 Å². The first-order chi connectivity index (χ1) is 15.5. The second-order valence-electron chi connectivity index (χ2n) is 7.30. The third kappa shape index (κ3) is 6.09. The molecule has 3 rings (SSSR count). The fourth-order valence-corrected chi connectivity index (χ4v) is 4.85. The molecule has 0 radical (unpaired) electrons. The van der Waals surface area contributed by atoms with Gasteiger partial charge in [0.05, 0.1) is 28.9 Å². The van der Waals surface area contributed by atoms with Crippen LogP contribution < -0.4 is 9.73 Å². The van der Waals surface area contributed by atoms with Crippen molar-refractivity contribution in [2.24, 2.45) is 5.10 Å². The Balaban J connectivity index is 1.76. The molecule has 0 aliphatic heterocycles. The largest absolute Gasteiger partial charge is 0.316 e. The number of nitrogens with zero attached hydrogens (tertiary/aromatic N) is 3. The number of hydrogen-bond donors (Lipinski definition) is 1. The Kier molecular flexibility index (Phi) is 7.74. The molecule has 0 aliphatic rings. The molecule has 1 amide bonds. The van der Waals surface area contributed by atoms with Gasteiger partial charge in [-0.2, -0.15) is 5.10 Å². The monoisotopic (exact) mass is 526 g/mol. The SMILES string of the molecule is Cc1cc(/C=N\NC(=O)CN(c2cccc(Cl)c2)S(C)(=O)=O)c(C)n1-c1ccc(Cl)cc1Cl. The average Bonchev–Trinajstić information content (AvgIpc) is 2.99. The van der Waals surface area contributed by atoms with E-state index in [0.29, 0.717) is 15.1 Å². The van der Waals surface area contributed by atoms with Crippen molar-refractivity contribution in [3.8, 4) is 5.69 Å². The van der Waals surface area contributed by atoms with Gasteiger partial charge in [0.2, 0.25) is 10.0 Å². The number of halogens is 3. The van der Waals surface area contributed by atoms with Crippen molar-refractivity contribution in [1.29, 1.82) is 0 Å². The summed E-state index contributed by atoms with van der Waals surface area (Å²) in [5, 5.41) is 5.39. The van der Waals surface area contributed by atoms with Crippen LogP contribution in [0.1, 0.15) is 17.0 Å². The number of sulfonamides is 1. The van der Waals surface area contributed by atoms with E-state index in [2.05, 4.69) is 10.5 Å². The number of aromatic nitrogens is 1. The summed E-state index contributed by atoms with van der Waals surface area (Å²) in [6, 6.07) is 13.4. The van der Waals surface area contributed by atoms with E-state index >= 15 is 0 Å². The zero-order valence-electron chi connectivity index (χ0n) is 18.0. The molecule has 0 atom stereocenters. The van der Waals surface area contributed by atoms with Crippen molar-refractivity contribution < 1.29 is 13.2 Å². The Morgan fingerprint density at radius 2 is 1.79 bits per heavy atom. The first-order valence-corrected chi connectivity index (χ1v) is 12.6. The minimum absolute atomic E-state index is 0.285. The van der Waals surface area contributed by atoms with Crippen LogP contribution in [-0.2, 0) is 14.8 Å². The Labute approximate surface area is 207 Å². The van der Waals surface area contributed by atoms with Crippen molar-refractivity contribution in [3.05, 3.63) is 80.6 Å². The molecular formula is C22H21Cl3N4O3S. The third-order valence-corrected chi connectivity index (χ3v) is 6.71. The van der Waals surface area contributed by atoms with E-state index in [9.17, 15) is 13.2 Å². The summed E-state index contributed by atoms with van der Waals surface area (Å²) >= 11 is 18.3. The van der Waals surface area contributed by atoms with Gasteiger partial charge in [0.1, 0.15) is 6.54 Å². The molecule has 1 heterocycles. The first-order valence-electron chi connectivity index (χ1n) is 9.67. The standard InChI is InChI=1S/C22H21Cl3N4O3S/c1-14-9-16(15(2)29(14)21-8-7-18(24)11-20(21)25)12-26-27-22(30)13-28(33(3,31)32)19-6-4-5-17(23)10-19/h4-12H,13H2,1-3H3,(H,27,30)/b26-12-. The van der Waals surface area contributed by atoms with E-state index < -0.39 is 22.5 Å². The molecule has 7 nitrogen and oxygen atoms in total. The van der Waals surface area contributed by atoms with Crippen LogP contribution in [-0.4, -0.2) is 37.9 Å². The minimum Gasteiger partial charge on any atom is -0.316 e. The lowest BCUT2D eigenvalue weighted by molar-refractivity contribution is -0.119. The predicted molar refractivity (Wildman–Crippen MR) is 135 cm³/mol. The zero-order valence-corrected chi connectivity index (χ0v) is 21.1. The number of amides is 1. The van der Waals surface area contributed by atoms with Crippen LogP contribution in [0.25, 0.3) is 5.69 Å². The van der Waals surface area contributed by atoms with Crippen molar-refractivity contribution in [2.75, 3.05) is 17.1 Å². The topological polar surface area (TPSA) is 83.8 Å². The molecule has 1 N–H and O–H groups in total. The maximum Gasteiger partial charge on any atom is 0.260 e. The van der Waals surface area contributed by atoms with Crippen LogP contribution in [0.5, 0.6) is 0 Å². The summed E-state index contributed by atoms with van der Waals surface area (Å²) in [5.74, 6) is -0.605. The molecule has 2 aromatic carbocycles. The summed E-state index contributed by atoms with van der Waals surface area (Å²) in [6.45, 7) is 3.37. The molecule has 1 aromatic heterocycles. The smallest absolute Gasteiger partial charge is 0.260 e. The Bertz CT molecular complexity index is 1340. The van der Waals surface area contributed by atoms with E-state index in [0.717, 1.165) is 33.2 Å². The molecule has 0 aliphatic carbocycles. The van der Waals surface area contributed by atoms with Gasteiger partial charge < -0.3 is 4.57 Å². The van der Waals surface area contributed by atoms with Gasteiger partial charge in [-0.15, -0.1) is 0 Å². The molecule has 0 saturated heterocycles. The number of rotatable bonds is 7. The predicted octanol–water partition coefficient (Wildman–Crippen LogP) is 4.97. The molecule has 0 fully saturated rings. The van der Waals surface area contributed by atoms with Crippen LogP contribution in [0.15, 0.2) is 53.6 Å². The molecule has 0 saturated carbocycles. The summed E-state index contributed by atoms with van der Waals surface area (Å²) < 4.78 is 27.3. The molecule has 0 bridgehead atoms. The van der Waals surface area contributed by atoms with Crippen LogP contribution in [0.3, 0.4) is 0 Å². The highest BCUT2D eigenvalue weighted by molar-refractivity contribution is 7.92. The molecule has 3 aromatic rings. The molecule has 0 unspecified atom stereocenters. The van der Waals surface area contributed by atoms with Gasteiger partial charge in [-0.1, -0.05) is 40.9 Å². The fourth-order valence-electron chi connectivity index (χ4n) is 3.32. The van der Waals surface area contributed by atoms with Gasteiger partial charge >= 0.3 is 0 Å². The Morgan fingerprint density at radius 3 is 2.42 bits per heavy atom. The van der Waals surface area contributed by atoms with Gasteiger partial charge in [0, 0.05) is 27.0 Å². The first kappa shape index (κ1) is 25.1. The fraction of sp³-hybridized carbons (Fsp3) is 0.182. The summed E-state index contributed by atoms with van der Waals surface area (Å²) in [6.07, 6.45) is 2.51. The second-order valence-corrected chi connectivity index (χ2v) is 10.5. The lowest BCUT2D eigenvalue weighted by Crippen LogP contribution is -2.39. The van der Waals surface area contributed by atoms with Gasteiger partial charge in [-0.05, 0) is 56.3 Å². The highest BCUT2D eigenvalue weighted by atomic mass is 35.5. The number of hydrazone groups is 1. The number of carbonyl (C=O) groups excluding carboxylic acids is 1. The number of carbonyl (C=O) groups is 1. The Hall–Kier alpha value is -2.52. The maximum atomic E-state index is 12.4. The number of anilines is 1. The van der Waals surface area contributed by atoms with Crippen molar-refractivity contribution in [2.45, 2.75) is 13.8 Å². The van der Waals surface area contributed by atoms with E-state index in [4.69, 9.17) is 34.8 Å². The van der Waals surface area contributed by atoms with E-state index in [1.54, 1.807) is 30.3 Å². The highest BCUT2D eigenvalue weighted by Gasteiger charge is 2.21. The molecular weight excluding hydrogens is 507 g/mol. The van der Waals surface area contributed by atoms with E-state index in [1.165, 1.54) is 12.3 Å². The molecule has 33 heavy (non-hydrogen) atoms. The zero-order chi connectivity index (χ0) is 24.3. The van der Waals surface area contributed by atoms with Crippen molar-refractivity contribution in [3.63, 3.8) is 0 Å². The van der Waals surface area contributed by atoms with Gasteiger partial charge in [-0.25, -0.2) is 13.8 Å². The number of benzene rings is 2. The summed E-state index contributed by atoms with van der Waals surface area (Å²) in [7, 11) is -3.72. The van der Waals surface area contributed by atoms with E-state index in [-0.39, 0.29) is 5.69 Å². The van der Waals surface area contributed by atoms with Gasteiger partial charge in [-0.3, -0.25) is 9.10 Å². The van der Waals surface area contributed by atoms with Gasteiger partial charge in [0.25, 0.3) is 5.91 Å². The normalized spacial score (nSPS) is 11.7. The summed E-state index contributed by atoms with van der Waals surface area (Å²) in [4.78, 5) is 12.4. The lowest BCUT2D eigenvalue weighted by Gasteiger charge is -2.21. The number of aryl methyl sites for hydroxylation is 1. The van der Waals surface area contributed by atoms with Crippen LogP contribution >= 0.6 is 34.8 Å². The van der Waals surface area contributed by atoms with Crippen LogP contribution in [0, 0.1) is 13.8 Å². The maximum absolute atomic E-state index is 12.4. The molecule has 174 valence electrons. The lowest BCUT2D eigenvalue weighted by atomic mass is 10.2. The van der Waals surface area contributed by atoms with Crippen molar-refractivity contribution in [1.82, 2.24) is 9.99 Å². The summed E-state index contributed by atoms with van der Waals surface area (Å²) in [5.41, 5.74) is 5.95. The molecule has 0 spiro atoms. The quantitative estimate of drug-likeness (QED) is 0.348. The highest BCUT2D eigenvalue weighted by Crippen LogP contribution is 2.28.